The van der Waals surface area contributed by atoms with Crippen molar-refractivity contribution in [2.24, 2.45) is 0 Å². The molecule has 1 aliphatic heterocycles. The van der Waals surface area contributed by atoms with Gasteiger partial charge in [-0.25, -0.2) is 0 Å². The zero-order valence-corrected chi connectivity index (χ0v) is 7.42. The third kappa shape index (κ3) is 1.71. The van der Waals surface area contributed by atoms with Gasteiger partial charge in [-0.3, -0.25) is 4.79 Å². The Labute approximate surface area is 67.8 Å². The molecule has 1 rings (SSSR count). The van der Waals surface area contributed by atoms with E-state index in [2.05, 4.69) is 12.2 Å². The van der Waals surface area contributed by atoms with Crippen molar-refractivity contribution >= 4 is 5.91 Å². The van der Waals surface area contributed by atoms with Crippen molar-refractivity contribution in [3.05, 3.63) is 0 Å². The van der Waals surface area contributed by atoms with E-state index in [9.17, 15) is 4.79 Å². The minimum absolute atomic E-state index is 0.0451. The summed E-state index contributed by atoms with van der Waals surface area (Å²) in [5.41, 5.74) is 0. The molecule has 1 saturated heterocycles. The smallest absolute Gasteiger partial charge is 0.239 e. The number of amides is 1. The maximum absolute atomic E-state index is 11.4. The molecule has 2 atom stereocenters. The van der Waals surface area contributed by atoms with E-state index in [-0.39, 0.29) is 11.9 Å². The molecule has 11 heavy (non-hydrogen) atoms. The summed E-state index contributed by atoms with van der Waals surface area (Å²) in [6, 6.07) is 0.478. The standard InChI is InChI=1S/C8H16N2O/c1-4-7-8(11)10(3)5-6(2)9-7/h6-7,9H,4-5H2,1-3H3/t6-,7+/m0/s1. The van der Waals surface area contributed by atoms with Gasteiger partial charge >= 0.3 is 0 Å². The van der Waals surface area contributed by atoms with Gasteiger partial charge in [0, 0.05) is 19.6 Å². The van der Waals surface area contributed by atoms with Crippen molar-refractivity contribution in [2.75, 3.05) is 13.6 Å². The first-order chi connectivity index (χ1) is 5.15. The first-order valence-corrected chi connectivity index (χ1v) is 4.16. The summed E-state index contributed by atoms with van der Waals surface area (Å²) in [7, 11) is 1.86. The molecule has 0 bridgehead atoms. The van der Waals surface area contributed by atoms with Crippen molar-refractivity contribution in [2.45, 2.75) is 32.4 Å². The number of hydrogen-bond donors (Lipinski definition) is 1. The minimum atomic E-state index is 0.0451. The zero-order valence-electron chi connectivity index (χ0n) is 7.42. The van der Waals surface area contributed by atoms with Crippen LogP contribution in [-0.2, 0) is 4.79 Å². The summed E-state index contributed by atoms with van der Waals surface area (Å²) >= 11 is 0. The molecule has 0 aromatic heterocycles. The second-order valence-corrected chi connectivity index (χ2v) is 3.25. The zero-order chi connectivity index (χ0) is 8.43. The largest absolute Gasteiger partial charge is 0.343 e. The lowest BCUT2D eigenvalue weighted by atomic mass is 10.1. The van der Waals surface area contributed by atoms with Crippen molar-refractivity contribution in [3.8, 4) is 0 Å². The van der Waals surface area contributed by atoms with Crippen LogP contribution in [0.3, 0.4) is 0 Å². The van der Waals surface area contributed by atoms with Crippen LogP contribution >= 0.6 is 0 Å². The molecule has 1 amide bonds. The lowest BCUT2D eigenvalue weighted by molar-refractivity contribution is -0.135. The number of carbonyl (C=O) groups excluding carboxylic acids is 1. The molecule has 0 aromatic rings. The van der Waals surface area contributed by atoms with Crippen LogP contribution < -0.4 is 5.32 Å². The molecule has 0 saturated carbocycles. The first kappa shape index (κ1) is 8.53. The Morgan fingerprint density at radius 3 is 2.91 bits per heavy atom. The number of hydrogen-bond acceptors (Lipinski definition) is 2. The van der Waals surface area contributed by atoms with Crippen molar-refractivity contribution in [1.29, 1.82) is 0 Å². The maximum Gasteiger partial charge on any atom is 0.239 e. The molecule has 1 N–H and O–H groups in total. The van der Waals surface area contributed by atoms with Gasteiger partial charge in [-0.1, -0.05) is 6.92 Å². The molecule has 0 aliphatic carbocycles. The van der Waals surface area contributed by atoms with Crippen molar-refractivity contribution in [1.82, 2.24) is 10.2 Å². The monoisotopic (exact) mass is 156 g/mol. The van der Waals surface area contributed by atoms with Crippen LogP contribution in [0.5, 0.6) is 0 Å². The summed E-state index contributed by atoms with van der Waals surface area (Å²) in [4.78, 5) is 13.2. The van der Waals surface area contributed by atoms with Gasteiger partial charge in [0.25, 0.3) is 0 Å². The second-order valence-electron chi connectivity index (χ2n) is 3.25. The van der Waals surface area contributed by atoms with E-state index < -0.39 is 0 Å². The van der Waals surface area contributed by atoms with E-state index in [1.54, 1.807) is 4.90 Å². The maximum atomic E-state index is 11.4. The Balaban J connectivity index is 2.59. The highest BCUT2D eigenvalue weighted by Crippen LogP contribution is 2.05. The minimum Gasteiger partial charge on any atom is -0.343 e. The molecule has 64 valence electrons. The van der Waals surface area contributed by atoms with Crippen LogP contribution in [0, 0.1) is 0 Å². The van der Waals surface area contributed by atoms with E-state index >= 15 is 0 Å². The lowest BCUT2D eigenvalue weighted by Gasteiger charge is -2.34. The molecule has 0 aromatic carbocycles. The van der Waals surface area contributed by atoms with Gasteiger partial charge in [-0.15, -0.1) is 0 Å². The first-order valence-electron chi connectivity index (χ1n) is 4.16. The van der Waals surface area contributed by atoms with Gasteiger partial charge in [-0.2, -0.15) is 0 Å². The van der Waals surface area contributed by atoms with Gasteiger partial charge in [0.1, 0.15) is 0 Å². The second kappa shape index (κ2) is 3.22. The fourth-order valence-corrected chi connectivity index (χ4v) is 1.53. The van der Waals surface area contributed by atoms with Crippen LogP contribution in [0.15, 0.2) is 0 Å². The molecule has 3 nitrogen and oxygen atoms in total. The fourth-order valence-electron chi connectivity index (χ4n) is 1.53. The predicted octanol–water partition coefficient (Wildman–Crippen LogP) is 0.215. The molecule has 0 spiro atoms. The topological polar surface area (TPSA) is 32.3 Å². The summed E-state index contributed by atoms with van der Waals surface area (Å²) in [5, 5.41) is 3.25. The quantitative estimate of drug-likeness (QED) is 0.589. The van der Waals surface area contributed by atoms with Crippen LogP contribution in [0.25, 0.3) is 0 Å². The average molecular weight is 156 g/mol. The third-order valence-electron chi connectivity index (χ3n) is 2.12. The van der Waals surface area contributed by atoms with Gasteiger partial charge < -0.3 is 10.2 Å². The predicted molar refractivity (Wildman–Crippen MR) is 44.3 cm³/mol. The number of nitrogens with zero attached hydrogens (tertiary/aromatic N) is 1. The summed E-state index contributed by atoms with van der Waals surface area (Å²) in [6.45, 7) is 4.96. The molecule has 1 fully saturated rings. The highest BCUT2D eigenvalue weighted by molar-refractivity contribution is 5.82. The fraction of sp³-hybridized carbons (Fsp3) is 0.875. The van der Waals surface area contributed by atoms with Crippen molar-refractivity contribution < 1.29 is 4.79 Å². The van der Waals surface area contributed by atoms with E-state index in [4.69, 9.17) is 0 Å². The third-order valence-corrected chi connectivity index (χ3v) is 2.12. The molecule has 3 heteroatoms. The molecule has 0 unspecified atom stereocenters. The molecular formula is C8H16N2O. The number of piperazine rings is 1. The molecule has 1 heterocycles. The average Bonchev–Trinajstić information content (AvgIpc) is 1.96. The highest BCUT2D eigenvalue weighted by Gasteiger charge is 2.27. The van der Waals surface area contributed by atoms with Crippen LogP contribution in [0.1, 0.15) is 20.3 Å². The number of carbonyl (C=O) groups is 1. The van der Waals surface area contributed by atoms with E-state index in [1.165, 1.54) is 0 Å². The SMILES string of the molecule is CC[C@H]1N[C@@H](C)CN(C)C1=O. The number of rotatable bonds is 1. The Kier molecular flexibility index (Phi) is 2.49. The van der Waals surface area contributed by atoms with Gasteiger partial charge in [0.05, 0.1) is 6.04 Å². The normalized spacial score (nSPS) is 32.6. The van der Waals surface area contributed by atoms with Crippen LogP contribution in [0.4, 0.5) is 0 Å². The van der Waals surface area contributed by atoms with E-state index in [0.29, 0.717) is 6.04 Å². The van der Waals surface area contributed by atoms with E-state index in [1.807, 2.05) is 14.0 Å². The van der Waals surface area contributed by atoms with Crippen molar-refractivity contribution in [3.63, 3.8) is 0 Å². The Morgan fingerprint density at radius 1 is 1.73 bits per heavy atom. The summed E-state index contributed by atoms with van der Waals surface area (Å²) in [5.74, 6) is 0.227. The van der Waals surface area contributed by atoms with Crippen LogP contribution in [-0.4, -0.2) is 36.5 Å². The summed E-state index contributed by atoms with van der Waals surface area (Å²) < 4.78 is 0. The van der Waals surface area contributed by atoms with Gasteiger partial charge in [-0.05, 0) is 13.3 Å². The van der Waals surface area contributed by atoms with E-state index in [0.717, 1.165) is 13.0 Å². The molecule has 1 aliphatic rings. The van der Waals surface area contributed by atoms with Crippen LogP contribution in [0.2, 0.25) is 0 Å². The highest BCUT2D eigenvalue weighted by atomic mass is 16.2. The molecule has 0 radical (unpaired) electrons. The number of likely N-dealkylation sites (N-methyl/N-ethyl adjacent to an activating group) is 1. The lowest BCUT2D eigenvalue weighted by Crippen LogP contribution is -2.57. The number of nitrogens with one attached hydrogen (secondary N) is 1. The van der Waals surface area contributed by atoms with Gasteiger partial charge in [0.15, 0.2) is 0 Å². The van der Waals surface area contributed by atoms with Gasteiger partial charge in [0.2, 0.25) is 5.91 Å². The Morgan fingerprint density at radius 2 is 2.36 bits per heavy atom. The Bertz CT molecular complexity index is 158. The summed E-state index contributed by atoms with van der Waals surface area (Å²) in [6.07, 6.45) is 0.882. The molecular weight excluding hydrogens is 140 g/mol. The Hall–Kier alpha value is -0.570.